The lowest BCUT2D eigenvalue weighted by atomic mass is 10.1. The predicted molar refractivity (Wildman–Crippen MR) is 92.2 cm³/mol. The second kappa shape index (κ2) is 8.10. The van der Waals surface area contributed by atoms with Crippen LogP contribution in [0.15, 0.2) is 29.2 Å². The Labute approximate surface area is 143 Å². The first-order valence-corrected chi connectivity index (χ1v) is 8.95. The largest absolute Gasteiger partial charge is 0.348 e. The number of hydrogen-bond acceptors (Lipinski definition) is 4. The Bertz CT molecular complexity index is 628. The first kappa shape index (κ1) is 19.9. The zero-order chi connectivity index (χ0) is 16.3. The Morgan fingerprint density at radius 1 is 1.26 bits per heavy atom. The average molecular weight is 362 g/mol. The van der Waals surface area contributed by atoms with Gasteiger partial charge in [-0.15, -0.1) is 12.4 Å². The van der Waals surface area contributed by atoms with Crippen molar-refractivity contribution in [1.82, 2.24) is 10.0 Å². The number of nitrogens with one attached hydrogen (secondary N) is 2. The maximum absolute atomic E-state index is 12.2. The molecule has 1 atom stereocenters. The molecule has 1 unspecified atom stereocenters. The van der Waals surface area contributed by atoms with E-state index >= 15 is 0 Å². The molecular weight excluding hydrogens is 338 g/mol. The van der Waals surface area contributed by atoms with Crippen molar-refractivity contribution >= 4 is 28.3 Å². The van der Waals surface area contributed by atoms with Crippen LogP contribution >= 0.6 is 12.4 Å². The van der Waals surface area contributed by atoms with Crippen molar-refractivity contribution in [3.63, 3.8) is 0 Å². The second-order valence-electron chi connectivity index (χ2n) is 5.95. The molecule has 1 aliphatic rings. The lowest BCUT2D eigenvalue weighted by molar-refractivity contribution is 0.0933. The number of rotatable bonds is 7. The van der Waals surface area contributed by atoms with E-state index in [9.17, 15) is 13.2 Å². The minimum atomic E-state index is -3.53. The van der Waals surface area contributed by atoms with E-state index in [4.69, 9.17) is 5.73 Å². The molecule has 0 aromatic heterocycles. The molecular formula is C15H24ClN3O3S. The van der Waals surface area contributed by atoms with Crippen LogP contribution in [0.3, 0.4) is 0 Å². The quantitative estimate of drug-likeness (QED) is 0.680. The van der Waals surface area contributed by atoms with Gasteiger partial charge >= 0.3 is 0 Å². The molecule has 1 aromatic rings. The fourth-order valence-corrected chi connectivity index (χ4v) is 3.53. The van der Waals surface area contributed by atoms with E-state index < -0.39 is 10.0 Å². The average Bonchev–Trinajstić information content (AvgIpc) is 3.28. The number of carbonyl (C=O) groups excluding carboxylic acids is 1. The van der Waals surface area contributed by atoms with Crippen molar-refractivity contribution < 1.29 is 13.2 Å². The molecule has 130 valence electrons. The van der Waals surface area contributed by atoms with Crippen LogP contribution < -0.4 is 15.8 Å². The third-order valence-corrected chi connectivity index (χ3v) is 5.25. The van der Waals surface area contributed by atoms with Gasteiger partial charge in [0.25, 0.3) is 5.91 Å². The molecule has 0 spiro atoms. The molecule has 0 radical (unpaired) electrons. The summed E-state index contributed by atoms with van der Waals surface area (Å²) in [5.41, 5.74) is 6.10. The van der Waals surface area contributed by atoms with Gasteiger partial charge in [0.1, 0.15) is 0 Å². The first-order chi connectivity index (χ1) is 10.3. The van der Waals surface area contributed by atoms with E-state index in [2.05, 4.69) is 10.0 Å². The summed E-state index contributed by atoms with van der Waals surface area (Å²) in [5.74, 6) is 0.256. The lowest BCUT2D eigenvalue weighted by Gasteiger charge is -2.16. The van der Waals surface area contributed by atoms with Crippen LogP contribution in [0.5, 0.6) is 0 Å². The van der Waals surface area contributed by atoms with E-state index in [1.807, 2.05) is 0 Å². The van der Waals surface area contributed by atoms with Crippen molar-refractivity contribution in [2.75, 3.05) is 6.54 Å². The molecule has 1 aliphatic carbocycles. The molecule has 8 heteroatoms. The summed E-state index contributed by atoms with van der Waals surface area (Å²) in [6.45, 7) is 3.93. The summed E-state index contributed by atoms with van der Waals surface area (Å²) in [6, 6.07) is 5.73. The van der Waals surface area contributed by atoms with Crippen LogP contribution in [-0.2, 0) is 10.0 Å². The van der Waals surface area contributed by atoms with E-state index in [1.54, 1.807) is 13.8 Å². The Hall–Kier alpha value is -1.15. The van der Waals surface area contributed by atoms with Gasteiger partial charge in [0.2, 0.25) is 10.0 Å². The molecule has 2 rings (SSSR count). The minimum absolute atomic E-state index is 0. The minimum Gasteiger partial charge on any atom is -0.348 e. The number of hydrogen-bond donors (Lipinski definition) is 3. The highest BCUT2D eigenvalue weighted by molar-refractivity contribution is 7.89. The van der Waals surface area contributed by atoms with Crippen molar-refractivity contribution in [2.45, 2.75) is 43.7 Å². The molecule has 0 bridgehead atoms. The summed E-state index contributed by atoms with van der Waals surface area (Å²) in [6.07, 6.45) is 2.19. The summed E-state index contributed by atoms with van der Waals surface area (Å²) >= 11 is 0. The summed E-state index contributed by atoms with van der Waals surface area (Å²) in [5, 5.41) is 2.91. The molecule has 23 heavy (non-hydrogen) atoms. The molecule has 6 nitrogen and oxygen atoms in total. The van der Waals surface area contributed by atoms with Gasteiger partial charge in [-0.3, -0.25) is 4.79 Å². The fourth-order valence-electron chi connectivity index (χ4n) is 2.28. The maximum Gasteiger partial charge on any atom is 0.251 e. The Balaban J connectivity index is 0.00000264. The molecule has 0 aliphatic heterocycles. The zero-order valence-corrected chi connectivity index (χ0v) is 14.9. The standard InChI is InChI=1S/C15H23N3O3S.ClH/c1-10(2)18-22(20,21)13-7-5-12(6-8-13)15(19)17-14(9-16)11-3-4-11;/h5-8,10-11,14,18H,3-4,9,16H2,1-2H3,(H,17,19);1H. The van der Waals surface area contributed by atoms with E-state index in [-0.39, 0.29) is 35.3 Å². The van der Waals surface area contributed by atoms with Crippen LogP contribution in [0.25, 0.3) is 0 Å². The third-order valence-electron chi connectivity index (χ3n) is 3.58. The summed E-state index contributed by atoms with van der Waals surface area (Å²) in [4.78, 5) is 12.3. The number of carbonyl (C=O) groups is 1. The molecule has 1 fully saturated rings. The van der Waals surface area contributed by atoms with Gasteiger partial charge in [0.05, 0.1) is 4.90 Å². The van der Waals surface area contributed by atoms with Gasteiger partial charge in [-0.1, -0.05) is 0 Å². The number of benzene rings is 1. The van der Waals surface area contributed by atoms with Crippen LogP contribution in [0.4, 0.5) is 0 Å². The highest BCUT2D eigenvalue weighted by atomic mass is 35.5. The van der Waals surface area contributed by atoms with Crippen LogP contribution in [-0.4, -0.2) is 33.0 Å². The zero-order valence-electron chi connectivity index (χ0n) is 13.3. The fraction of sp³-hybridized carbons (Fsp3) is 0.533. The Kier molecular flexibility index (Phi) is 7.01. The normalized spacial score (nSPS) is 15.8. The second-order valence-corrected chi connectivity index (χ2v) is 7.67. The van der Waals surface area contributed by atoms with Gasteiger partial charge in [0.15, 0.2) is 0 Å². The topological polar surface area (TPSA) is 101 Å². The molecule has 1 saturated carbocycles. The van der Waals surface area contributed by atoms with Crippen molar-refractivity contribution in [1.29, 1.82) is 0 Å². The number of sulfonamides is 1. The predicted octanol–water partition coefficient (Wildman–Crippen LogP) is 1.26. The number of amides is 1. The van der Waals surface area contributed by atoms with Gasteiger partial charge in [-0.2, -0.15) is 0 Å². The summed E-state index contributed by atoms with van der Waals surface area (Å²) in [7, 11) is -3.53. The van der Waals surface area contributed by atoms with Gasteiger partial charge in [-0.05, 0) is 56.9 Å². The highest BCUT2D eigenvalue weighted by Gasteiger charge is 2.31. The van der Waals surface area contributed by atoms with E-state index in [1.165, 1.54) is 24.3 Å². The maximum atomic E-state index is 12.2. The van der Waals surface area contributed by atoms with Crippen LogP contribution in [0.2, 0.25) is 0 Å². The monoisotopic (exact) mass is 361 g/mol. The van der Waals surface area contributed by atoms with Crippen LogP contribution in [0.1, 0.15) is 37.0 Å². The third kappa shape index (κ3) is 5.46. The SMILES string of the molecule is CC(C)NS(=O)(=O)c1ccc(C(=O)NC(CN)C2CC2)cc1.Cl. The Morgan fingerprint density at radius 2 is 1.83 bits per heavy atom. The van der Waals surface area contributed by atoms with Crippen molar-refractivity contribution in [3.05, 3.63) is 29.8 Å². The molecule has 0 heterocycles. The smallest absolute Gasteiger partial charge is 0.251 e. The van der Waals surface area contributed by atoms with Gasteiger partial charge < -0.3 is 11.1 Å². The highest BCUT2D eigenvalue weighted by Crippen LogP contribution is 2.32. The summed E-state index contributed by atoms with van der Waals surface area (Å²) < 4.78 is 26.5. The van der Waals surface area contributed by atoms with E-state index in [0.717, 1.165) is 12.8 Å². The first-order valence-electron chi connectivity index (χ1n) is 7.47. The van der Waals surface area contributed by atoms with Crippen LogP contribution in [0, 0.1) is 5.92 Å². The molecule has 0 saturated heterocycles. The van der Waals surface area contributed by atoms with Gasteiger partial charge in [-0.25, -0.2) is 13.1 Å². The molecule has 4 N–H and O–H groups in total. The van der Waals surface area contributed by atoms with Crippen molar-refractivity contribution in [2.24, 2.45) is 11.7 Å². The van der Waals surface area contributed by atoms with Gasteiger partial charge in [0, 0.05) is 24.2 Å². The number of nitrogens with two attached hydrogens (primary N) is 1. The van der Waals surface area contributed by atoms with E-state index in [0.29, 0.717) is 18.0 Å². The van der Waals surface area contributed by atoms with Crippen molar-refractivity contribution in [3.8, 4) is 0 Å². The lowest BCUT2D eigenvalue weighted by Crippen LogP contribution is -2.41. The molecule has 1 aromatic carbocycles. The number of halogens is 1. The Morgan fingerprint density at radius 3 is 2.26 bits per heavy atom. The molecule has 1 amide bonds.